The van der Waals surface area contributed by atoms with Gasteiger partial charge in [-0.3, -0.25) is 19.4 Å². The van der Waals surface area contributed by atoms with Crippen LogP contribution in [0.1, 0.15) is 11.6 Å². The van der Waals surface area contributed by atoms with E-state index in [1.54, 1.807) is 12.1 Å². The van der Waals surface area contributed by atoms with E-state index in [-0.39, 0.29) is 30.2 Å². The van der Waals surface area contributed by atoms with E-state index in [2.05, 4.69) is 15.1 Å². The van der Waals surface area contributed by atoms with Crippen LogP contribution in [0.5, 0.6) is 0 Å². The lowest BCUT2D eigenvalue weighted by atomic mass is 10.0. The standard InChI is InChI=1S/C24H29FN4O3/c25-20-6-8-21(9-7-20)26-22(30)18-27-10-12-28(13-11-27)23(19-4-2-1-3-5-19)24(31)29-14-16-32-17-15-29/h1-9,23H,10-18H2,(H,26,30)/t23-/m0/s1. The van der Waals surface area contributed by atoms with Crippen LogP contribution in [0.15, 0.2) is 54.6 Å². The topological polar surface area (TPSA) is 65.1 Å². The SMILES string of the molecule is O=C(CN1CCN([C@H](C(=O)N2CCOCC2)c2ccccc2)CC1)Nc1ccc(F)cc1. The number of rotatable bonds is 6. The molecule has 0 aliphatic carbocycles. The average Bonchev–Trinajstić information content (AvgIpc) is 2.83. The molecular formula is C24H29FN4O3. The maximum absolute atomic E-state index is 13.4. The zero-order valence-electron chi connectivity index (χ0n) is 18.1. The van der Waals surface area contributed by atoms with Crippen molar-refractivity contribution in [3.8, 4) is 0 Å². The molecule has 2 aromatic rings. The predicted octanol–water partition coefficient (Wildman–Crippen LogP) is 1.98. The third-order valence-electron chi connectivity index (χ3n) is 5.94. The minimum atomic E-state index is -0.335. The van der Waals surface area contributed by atoms with Crippen LogP contribution in [0, 0.1) is 5.82 Å². The highest BCUT2D eigenvalue weighted by Crippen LogP contribution is 2.25. The smallest absolute Gasteiger partial charge is 0.244 e. The summed E-state index contributed by atoms with van der Waals surface area (Å²) in [6.45, 7) is 5.41. The van der Waals surface area contributed by atoms with Crippen molar-refractivity contribution < 1.29 is 18.7 Å². The molecule has 0 saturated carbocycles. The number of hydrogen-bond acceptors (Lipinski definition) is 5. The van der Waals surface area contributed by atoms with Crippen molar-refractivity contribution in [1.82, 2.24) is 14.7 Å². The first kappa shape index (κ1) is 22.4. The van der Waals surface area contributed by atoms with Gasteiger partial charge in [0.1, 0.15) is 11.9 Å². The molecule has 170 valence electrons. The molecular weight excluding hydrogens is 411 g/mol. The number of benzene rings is 2. The Bertz CT molecular complexity index is 895. The highest BCUT2D eigenvalue weighted by molar-refractivity contribution is 5.92. The number of carbonyl (C=O) groups is 2. The van der Waals surface area contributed by atoms with Gasteiger partial charge in [-0.15, -0.1) is 0 Å². The van der Waals surface area contributed by atoms with E-state index in [4.69, 9.17) is 4.74 Å². The number of halogens is 1. The van der Waals surface area contributed by atoms with Gasteiger partial charge in [-0.1, -0.05) is 30.3 Å². The summed E-state index contributed by atoms with van der Waals surface area (Å²) in [6, 6.07) is 15.3. The summed E-state index contributed by atoms with van der Waals surface area (Å²) in [6.07, 6.45) is 0. The monoisotopic (exact) mass is 440 g/mol. The summed E-state index contributed by atoms with van der Waals surface area (Å²) in [5.41, 5.74) is 1.57. The maximum atomic E-state index is 13.4. The Morgan fingerprint density at radius 3 is 2.22 bits per heavy atom. The minimum absolute atomic E-state index is 0.113. The van der Waals surface area contributed by atoms with Gasteiger partial charge in [0.05, 0.1) is 19.8 Å². The molecule has 0 spiro atoms. The Balaban J connectivity index is 1.36. The molecule has 1 N–H and O–H groups in total. The van der Waals surface area contributed by atoms with Gasteiger partial charge >= 0.3 is 0 Å². The number of morpholine rings is 1. The van der Waals surface area contributed by atoms with Crippen LogP contribution in [0.3, 0.4) is 0 Å². The number of anilines is 1. The molecule has 0 bridgehead atoms. The molecule has 32 heavy (non-hydrogen) atoms. The molecule has 0 aromatic heterocycles. The van der Waals surface area contributed by atoms with Crippen molar-refractivity contribution in [1.29, 1.82) is 0 Å². The third-order valence-corrected chi connectivity index (χ3v) is 5.94. The normalized spacial score (nSPS) is 18.8. The Labute approximate surface area is 187 Å². The van der Waals surface area contributed by atoms with Crippen molar-refractivity contribution in [3.63, 3.8) is 0 Å². The molecule has 2 aliphatic heterocycles. The number of ether oxygens (including phenoxy) is 1. The van der Waals surface area contributed by atoms with Crippen molar-refractivity contribution in [2.75, 3.05) is 64.3 Å². The summed E-state index contributed by atoms with van der Waals surface area (Å²) in [4.78, 5) is 32.0. The van der Waals surface area contributed by atoms with Gasteiger partial charge in [-0.25, -0.2) is 4.39 Å². The summed E-state index contributed by atoms with van der Waals surface area (Å²) < 4.78 is 18.4. The summed E-state index contributed by atoms with van der Waals surface area (Å²) in [5.74, 6) is -0.352. The van der Waals surface area contributed by atoms with Crippen molar-refractivity contribution in [3.05, 3.63) is 66.0 Å². The lowest BCUT2D eigenvalue weighted by Crippen LogP contribution is -2.53. The predicted molar refractivity (Wildman–Crippen MR) is 120 cm³/mol. The van der Waals surface area contributed by atoms with Crippen LogP contribution in [0.2, 0.25) is 0 Å². The van der Waals surface area contributed by atoms with Crippen LogP contribution in [-0.4, -0.2) is 85.5 Å². The van der Waals surface area contributed by atoms with Gasteiger partial charge in [-0.2, -0.15) is 0 Å². The number of piperazine rings is 1. The van der Waals surface area contributed by atoms with E-state index in [1.807, 2.05) is 35.2 Å². The molecule has 4 rings (SSSR count). The van der Waals surface area contributed by atoms with Gasteiger partial charge in [-0.05, 0) is 29.8 Å². The second kappa shape index (κ2) is 10.7. The highest BCUT2D eigenvalue weighted by atomic mass is 19.1. The molecule has 0 radical (unpaired) electrons. The molecule has 2 aliphatic rings. The second-order valence-electron chi connectivity index (χ2n) is 8.12. The maximum Gasteiger partial charge on any atom is 0.244 e. The number of carbonyl (C=O) groups excluding carboxylic acids is 2. The van der Waals surface area contributed by atoms with Crippen LogP contribution >= 0.6 is 0 Å². The Kier molecular flexibility index (Phi) is 7.47. The fourth-order valence-corrected chi connectivity index (χ4v) is 4.22. The van der Waals surface area contributed by atoms with E-state index >= 15 is 0 Å². The van der Waals surface area contributed by atoms with Crippen molar-refractivity contribution in [2.24, 2.45) is 0 Å². The van der Waals surface area contributed by atoms with Crippen LogP contribution in [0.25, 0.3) is 0 Å². The minimum Gasteiger partial charge on any atom is -0.378 e. The molecule has 7 nitrogen and oxygen atoms in total. The van der Waals surface area contributed by atoms with Gasteiger partial charge in [0.15, 0.2) is 0 Å². The summed E-state index contributed by atoms with van der Waals surface area (Å²) in [7, 11) is 0. The zero-order valence-corrected chi connectivity index (χ0v) is 18.1. The first-order valence-electron chi connectivity index (χ1n) is 11.0. The summed E-state index contributed by atoms with van der Waals surface area (Å²) in [5, 5.41) is 2.80. The molecule has 1 atom stereocenters. The van der Waals surface area contributed by atoms with E-state index < -0.39 is 0 Å². The van der Waals surface area contributed by atoms with Gasteiger partial charge in [0, 0.05) is 45.0 Å². The lowest BCUT2D eigenvalue weighted by Gasteiger charge is -2.40. The largest absolute Gasteiger partial charge is 0.378 e. The van der Waals surface area contributed by atoms with Crippen molar-refractivity contribution in [2.45, 2.75) is 6.04 Å². The second-order valence-corrected chi connectivity index (χ2v) is 8.12. The number of hydrogen-bond donors (Lipinski definition) is 1. The third kappa shape index (κ3) is 5.70. The fraction of sp³-hybridized carbons (Fsp3) is 0.417. The number of nitrogens with zero attached hydrogens (tertiary/aromatic N) is 3. The Morgan fingerprint density at radius 1 is 0.906 bits per heavy atom. The lowest BCUT2D eigenvalue weighted by molar-refractivity contribution is -0.142. The fourth-order valence-electron chi connectivity index (χ4n) is 4.22. The van der Waals surface area contributed by atoms with Gasteiger partial charge in [0.25, 0.3) is 0 Å². The van der Waals surface area contributed by atoms with Crippen LogP contribution in [-0.2, 0) is 14.3 Å². The molecule has 2 heterocycles. The van der Waals surface area contributed by atoms with E-state index in [0.717, 1.165) is 5.56 Å². The Morgan fingerprint density at radius 2 is 1.56 bits per heavy atom. The average molecular weight is 441 g/mol. The summed E-state index contributed by atoms with van der Waals surface area (Å²) >= 11 is 0. The molecule has 2 aromatic carbocycles. The molecule has 2 fully saturated rings. The van der Waals surface area contributed by atoms with Gasteiger partial charge in [0.2, 0.25) is 11.8 Å². The number of nitrogens with one attached hydrogen (secondary N) is 1. The van der Waals surface area contributed by atoms with Gasteiger partial charge < -0.3 is 15.0 Å². The Hall–Kier alpha value is -2.81. The molecule has 8 heteroatoms. The quantitative estimate of drug-likeness (QED) is 0.744. The van der Waals surface area contributed by atoms with E-state index in [1.165, 1.54) is 12.1 Å². The van der Waals surface area contributed by atoms with E-state index in [0.29, 0.717) is 58.2 Å². The van der Waals surface area contributed by atoms with E-state index in [9.17, 15) is 14.0 Å². The van der Waals surface area contributed by atoms with Crippen molar-refractivity contribution >= 4 is 17.5 Å². The highest BCUT2D eigenvalue weighted by Gasteiger charge is 2.34. The van der Waals surface area contributed by atoms with Crippen LogP contribution < -0.4 is 5.32 Å². The number of amides is 2. The molecule has 2 amide bonds. The van der Waals surface area contributed by atoms with Crippen LogP contribution in [0.4, 0.5) is 10.1 Å². The molecule has 0 unspecified atom stereocenters. The zero-order chi connectivity index (χ0) is 22.3. The first-order chi connectivity index (χ1) is 15.6. The first-order valence-corrected chi connectivity index (χ1v) is 11.0. The molecule has 2 saturated heterocycles.